The minimum Gasteiger partial charge on any atom is -0.356 e. The molecule has 0 radical (unpaired) electrons. The quantitative estimate of drug-likeness (QED) is 0.823. The Morgan fingerprint density at radius 3 is 3.19 bits per heavy atom. The van der Waals surface area contributed by atoms with Gasteiger partial charge in [0.15, 0.2) is 0 Å². The van der Waals surface area contributed by atoms with Crippen LogP contribution in [0.5, 0.6) is 0 Å². The second-order valence-electron chi connectivity index (χ2n) is 4.26. The van der Waals surface area contributed by atoms with Crippen molar-refractivity contribution >= 4 is 27.2 Å². The number of hydrogen-bond acceptors (Lipinski definition) is 4. The lowest BCUT2D eigenvalue weighted by Crippen LogP contribution is -2.45. The molecule has 16 heavy (non-hydrogen) atoms. The van der Waals surface area contributed by atoms with E-state index in [2.05, 4.69) is 28.1 Å². The molecule has 0 bridgehead atoms. The first-order valence-electron chi connectivity index (χ1n) is 5.70. The van der Waals surface area contributed by atoms with E-state index >= 15 is 0 Å². The topological polar surface area (TPSA) is 42.1 Å². The molecule has 1 aromatic heterocycles. The maximum Gasteiger partial charge on any atom is 0.0813 e. The van der Waals surface area contributed by atoms with Crippen molar-refractivity contribution in [1.29, 1.82) is 0 Å². The number of nitrogens with zero attached hydrogens (tertiary/aromatic N) is 2. The Balaban J connectivity index is 1.97. The van der Waals surface area contributed by atoms with E-state index in [-0.39, 0.29) is 6.17 Å². The van der Waals surface area contributed by atoms with Gasteiger partial charge in [0.05, 0.1) is 21.9 Å². The number of fused-ring (bicyclic) bond motifs is 1. The van der Waals surface area contributed by atoms with Gasteiger partial charge in [0.1, 0.15) is 0 Å². The van der Waals surface area contributed by atoms with E-state index in [9.17, 15) is 0 Å². The number of nitrogens with two attached hydrogens (primary N) is 1. The standard InChI is InChI=1S/C12H15N3S/c13-12-3-1-2-6-15(12)9-4-5-10-11(7-9)16-8-14-10/h4-5,7-8,12H,1-3,6,13H2. The molecule has 1 atom stereocenters. The number of benzene rings is 1. The molecule has 0 spiro atoms. The number of thiazole rings is 1. The normalized spacial score (nSPS) is 21.6. The zero-order chi connectivity index (χ0) is 11.0. The summed E-state index contributed by atoms with van der Waals surface area (Å²) in [5.74, 6) is 0. The first-order valence-corrected chi connectivity index (χ1v) is 6.58. The summed E-state index contributed by atoms with van der Waals surface area (Å²) in [6.07, 6.45) is 3.77. The fourth-order valence-electron chi connectivity index (χ4n) is 2.30. The van der Waals surface area contributed by atoms with Gasteiger partial charge < -0.3 is 10.6 Å². The molecule has 1 aliphatic heterocycles. The molecule has 3 nitrogen and oxygen atoms in total. The van der Waals surface area contributed by atoms with Gasteiger partial charge >= 0.3 is 0 Å². The third kappa shape index (κ3) is 1.68. The maximum absolute atomic E-state index is 6.14. The number of aromatic nitrogens is 1. The molecule has 2 heterocycles. The van der Waals surface area contributed by atoms with E-state index in [0.717, 1.165) is 18.5 Å². The van der Waals surface area contributed by atoms with Crippen molar-refractivity contribution in [2.45, 2.75) is 25.4 Å². The minimum atomic E-state index is 0.180. The van der Waals surface area contributed by atoms with E-state index in [1.54, 1.807) is 11.3 Å². The number of rotatable bonds is 1. The minimum absolute atomic E-state index is 0.180. The first kappa shape index (κ1) is 10.1. The Morgan fingerprint density at radius 2 is 2.31 bits per heavy atom. The van der Waals surface area contributed by atoms with Gasteiger partial charge in [-0.1, -0.05) is 0 Å². The van der Waals surface area contributed by atoms with Crippen molar-refractivity contribution in [2.24, 2.45) is 5.73 Å². The molecule has 4 heteroatoms. The first-order chi connectivity index (χ1) is 7.84. The molecule has 3 rings (SSSR count). The molecule has 0 amide bonds. The highest BCUT2D eigenvalue weighted by Crippen LogP contribution is 2.27. The van der Waals surface area contributed by atoms with Crippen LogP contribution in [0, 0.1) is 0 Å². The lowest BCUT2D eigenvalue weighted by atomic mass is 10.1. The highest BCUT2D eigenvalue weighted by atomic mass is 32.1. The van der Waals surface area contributed by atoms with Gasteiger partial charge in [0.25, 0.3) is 0 Å². The van der Waals surface area contributed by atoms with Crippen LogP contribution in [-0.2, 0) is 0 Å². The van der Waals surface area contributed by atoms with Crippen LogP contribution in [0.25, 0.3) is 10.2 Å². The van der Waals surface area contributed by atoms with Crippen LogP contribution in [0.2, 0.25) is 0 Å². The maximum atomic E-state index is 6.14. The lowest BCUT2D eigenvalue weighted by Gasteiger charge is -2.35. The molecular weight excluding hydrogens is 218 g/mol. The zero-order valence-electron chi connectivity index (χ0n) is 9.10. The smallest absolute Gasteiger partial charge is 0.0813 e. The Kier molecular flexibility index (Phi) is 2.53. The number of piperidine rings is 1. The Labute approximate surface area is 98.9 Å². The number of hydrogen-bond donors (Lipinski definition) is 1. The predicted molar refractivity (Wildman–Crippen MR) is 68.8 cm³/mol. The van der Waals surface area contributed by atoms with E-state index in [1.807, 2.05) is 5.51 Å². The average molecular weight is 233 g/mol. The van der Waals surface area contributed by atoms with Gasteiger partial charge in [-0.2, -0.15) is 0 Å². The predicted octanol–water partition coefficient (Wildman–Crippen LogP) is 2.57. The summed E-state index contributed by atoms with van der Waals surface area (Å²) in [6, 6.07) is 6.42. The van der Waals surface area contributed by atoms with Crippen molar-refractivity contribution < 1.29 is 0 Å². The zero-order valence-corrected chi connectivity index (χ0v) is 9.91. The Morgan fingerprint density at radius 1 is 1.38 bits per heavy atom. The van der Waals surface area contributed by atoms with E-state index in [0.29, 0.717) is 0 Å². The van der Waals surface area contributed by atoms with E-state index in [4.69, 9.17) is 5.73 Å². The molecule has 2 aromatic rings. The molecule has 0 saturated carbocycles. The molecule has 1 aromatic carbocycles. The monoisotopic (exact) mass is 233 g/mol. The fourth-order valence-corrected chi connectivity index (χ4v) is 3.01. The van der Waals surface area contributed by atoms with Crippen LogP contribution < -0.4 is 10.6 Å². The fraction of sp³-hybridized carbons (Fsp3) is 0.417. The van der Waals surface area contributed by atoms with Crippen LogP contribution in [0.3, 0.4) is 0 Å². The van der Waals surface area contributed by atoms with Crippen molar-refractivity contribution in [3.05, 3.63) is 23.7 Å². The largest absolute Gasteiger partial charge is 0.356 e. The summed E-state index contributed by atoms with van der Waals surface area (Å²) in [6.45, 7) is 1.07. The molecule has 1 saturated heterocycles. The van der Waals surface area contributed by atoms with Gasteiger partial charge in [-0.25, -0.2) is 4.98 Å². The third-order valence-corrected chi connectivity index (χ3v) is 3.99. The van der Waals surface area contributed by atoms with Crippen molar-refractivity contribution in [2.75, 3.05) is 11.4 Å². The van der Waals surface area contributed by atoms with Crippen LogP contribution in [0.4, 0.5) is 5.69 Å². The van der Waals surface area contributed by atoms with Crippen LogP contribution in [0.1, 0.15) is 19.3 Å². The van der Waals surface area contributed by atoms with Gasteiger partial charge in [-0.05, 0) is 37.5 Å². The van der Waals surface area contributed by atoms with Gasteiger partial charge in [0.2, 0.25) is 0 Å². The second kappa shape index (κ2) is 4.03. The molecule has 2 N–H and O–H groups in total. The molecular formula is C12H15N3S. The molecule has 1 unspecified atom stereocenters. The summed E-state index contributed by atoms with van der Waals surface area (Å²) in [5.41, 5.74) is 10.4. The second-order valence-corrected chi connectivity index (χ2v) is 5.15. The van der Waals surface area contributed by atoms with Crippen LogP contribution in [-0.4, -0.2) is 17.7 Å². The summed E-state index contributed by atoms with van der Waals surface area (Å²) in [4.78, 5) is 6.60. The van der Waals surface area contributed by atoms with Crippen molar-refractivity contribution in [3.8, 4) is 0 Å². The van der Waals surface area contributed by atoms with Gasteiger partial charge in [0, 0.05) is 12.2 Å². The Bertz CT molecular complexity index is 494. The van der Waals surface area contributed by atoms with E-state index in [1.165, 1.54) is 23.2 Å². The highest BCUT2D eigenvalue weighted by molar-refractivity contribution is 7.16. The molecule has 0 aliphatic carbocycles. The van der Waals surface area contributed by atoms with Gasteiger partial charge in [-0.3, -0.25) is 0 Å². The Hall–Kier alpha value is -1.13. The molecule has 84 valence electrons. The summed E-state index contributed by atoms with van der Waals surface area (Å²) >= 11 is 1.69. The highest BCUT2D eigenvalue weighted by Gasteiger charge is 2.19. The van der Waals surface area contributed by atoms with Crippen molar-refractivity contribution in [1.82, 2.24) is 4.98 Å². The lowest BCUT2D eigenvalue weighted by molar-refractivity contribution is 0.470. The number of anilines is 1. The van der Waals surface area contributed by atoms with Crippen LogP contribution in [0.15, 0.2) is 23.7 Å². The van der Waals surface area contributed by atoms with Crippen LogP contribution >= 0.6 is 11.3 Å². The average Bonchev–Trinajstić information content (AvgIpc) is 2.76. The van der Waals surface area contributed by atoms with E-state index < -0.39 is 0 Å². The molecule has 1 fully saturated rings. The SMILES string of the molecule is NC1CCCCN1c1ccc2ncsc2c1. The summed E-state index contributed by atoms with van der Waals surface area (Å²) < 4.78 is 1.25. The van der Waals surface area contributed by atoms with Crippen molar-refractivity contribution in [3.63, 3.8) is 0 Å². The van der Waals surface area contributed by atoms with Gasteiger partial charge in [-0.15, -0.1) is 11.3 Å². The molecule has 1 aliphatic rings. The summed E-state index contributed by atoms with van der Waals surface area (Å²) in [5, 5.41) is 0. The summed E-state index contributed by atoms with van der Waals surface area (Å²) in [7, 11) is 0. The third-order valence-electron chi connectivity index (χ3n) is 3.20.